The first-order valence-corrected chi connectivity index (χ1v) is 10.5. The second-order valence-corrected chi connectivity index (χ2v) is 8.11. The highest BCUT2D eigenvalue weighted by molar-refractivity contribution is 7.13. The average molecular weight is 397 g/mol. The van der Waals surface area contributed by atoms with Crippen molar-refractivity contribution in [2.24, 2.45) is 0 Å². The molecule has 0 bridgehead atoms. The van der Waals surface area contributed by atoms with Gasteiger partial charge in [0.25, 0.3) is 0 Å². The Kier molecular flexibility index (Phi) is 5.83. The zero-order chi connectivity index (χ0) is 19.3. The Bertz CT molecular complexity index is 886. The Hall–Kier alpha value is -2.51. The molecule has 1 aromatic carbocycles. The van der Waals surface area contributed by atoms with Crippen molar-refractivity contribution in [3.63, 3.8) is 0 Å². The normalized spacial score (nSPS) is 16.2. The molecule has 1 unspecified atom stereocenters. The second-order valence-electron chi connectivity index (χ2n) is 7.16. The Morgan fingerprint density at radius 3 is 2.64 bits per heavy atom. The summed E-state index contributed by atoms with van der Waals surface area (Å²) in [5.41, 5.74) is 1.22. The van der Waals surface area contributed by atoms with Gasteiger partial charge in [0.2, 0.25) is 17.6 Å². The van der Waals surface area contributed by atoms with Crippen LogP contribution in [0, 0.1) is 0 Å². The van der Waals surface area contributed by atoms with E-state index >= 15 is 0 Å². The van der Waals surface area contributed by atoms with Crippen molar-refractivity contribution in [2.75, 3.05) is 26.2 Å². The molecular formula is C21H24N4O2S. The summed E-state index contributed by atoms with van der Waals surface area (Å²) in [6.45, 7) is 5.87. The molecule has 1 aliphatic rings. The van der Waals surface area contributed by atoms with E-state index in [-0.39, 0.29) is 11.8 Å². The zero-order valence-corrected chi connectivity index (χ0v) is 16.8. The van der Waals surface area contributed by atoms with Gasteiger partial charge in [-0.1, -0.05) is 48.5 Å². The first kappa shape index (κ1) is 18.8. The molecule has 0 aliphatic carbocycles. The highest BCUT2D eigenvalue weighted by atomic mass is 32.1. The minimum atomic E-state index is 0.230. The molecule has 4 rings (SSSR count). The lowest BCUT2D eigenvalue weighted by atomic mass is 9.97. The fraction of sp³-hybridized carbons (Fsp3) is 0.381. The van der Waals surface area contributed by atoms with Crippen LogP contribution >= 0.6 is 11.3 Å². The van der Waals surface area contributed by atoms with Gasteiger partial charge in [0.05, 0.1) is 11.4 Å². The van der Waals surface area contributed by atoms with Gasteiger partial charge < -0.3 is 9.42 Å². The topological polar surface area (TPSA) is 62.5 Å². The summed E-state index contributed by atoms with van der Waals surface area (Å²) in [7, 11) is 0. The van der Waals surface area contributed by atoms with Crippen LogP contribution in [0.25, 0.3) is 10.7 Å². The molecule has 2 aromatic heterocycles. The lowest BCUT2D eigenvalue weighted by Crippen LogP contribution is -2.48. The van der Waals surface area contributed by atoms with Crippen LogP contribution in [0.5, 0.6) is 0 Å². The van der Waals surface area contributed by atoms with Gasteiger partial charge in [-0.15, -0.1) is 11.3 Å². The fourth-order valence-electron chi connectivity index (χ4n) is 3.46. The largest absolute Gasteiger partial charge is 0.340 e. The molecule has 146 valence electrons. The van der Waals surface area contributed by atoms with Crippen molar-refractivity contribution in [2.45, 2.75) is 25.8 Å². The maximum Gasteiger partial charge on any atom is 0.241 e. The minimum Gasteiger partial charge on any atom is -0.340 e. The third-order valence-electron chi connectivity index (χ3n) is 5.14. The van der Waals surface area contributed by atoms with Gasteiger partial charge in [0.1, 0.15) is 0 Å². The van der Waals surface area contributed by atoms with Crippen LogP contribution in [-0.2, 0) is 11.3 Å². The minimum absolute atomic E-state index is 0.230. The number of amides is 1. The van der Waals surface area contributed by atoms with E-state index in [1.54, 1.807) is 11.3 Å². The molecule has 6 nitrogen and oxygen atoms in total. The van der Waals surface area contributed by atoms with E-state index in [9.17, 15) is 4.79 Å². The third-order valence-corrected chi connectivity index (χ3v) is 6.01. The number of rotatable bonds is 6. The standard InChI is InChI=1S/C21H24N4O2S/c1-16(17-6-3-2-4-7-17)14-20(26)25-11-9-24(10-12-25)15-19-22-21(23-27-19)18-8-5-13-28-18/h2-8,13,16H,9-12,14-15H2,1H3. The number of carbonyl (C=O) groups is 1. The van der Waals surface area contributed by atoms with E-state index in [1.165, 1.54) is 5.56 Å². The number of hydrogen-bond acceptors (Lipinski definition) is 6. The molecule has 1 amide bonds. The van der Waals surface area contributed by atoms with Gasteiger partial charge in [0, 0.05) is 32.6 Å². The smallest absolute Gasteiger partial charge is 0.241 e. The highest BCUT2D eigenvalue weighted by Crippen LogP contribution is 2.22. The van der Waals surface area contributed by atoms with Crippen molar-refractivity contribution in [1.82, 2.24) is 19.9 Å². The SMILES string of the molecule is CC(CC(=O)N1CCN(Cc2nc(-c3cccs3)no2)CC1)c1ccccc1. The molecule has 7 heteroatoms. The molecule has 1 aliphatic heterocycles. The third kappa shape index (κ3) is 4.48. The summed E-state index contributed by atoms with van der Waals surface area (Å²) in [5, 5.41) is 6.06. The summed E-state index contributed by atoms with van der Waals surface area (Å²) < 4.78 is 5.39. The van der Waals surface area contributed by atoms with Crippen LogP contribution in [0.3, 0.4) is 0 Å². The van der Waals surface area contributed by atoms with Crippen molar-refractivity contribution >= 4 is 17.2 Å². The summed E-state index contributed by atoms with van der Waals surface area (Å²) >= 11 is 1.60. The van der Waals surface area contributed by atoms with Gasteiger partial charge in [-0.3, -0.25) is 9.69 Å². The number of hydrogen-bond donors (Lipinski definition) is 0. The Labute approximate surface area is 168 Å². The van der Waals surface area contributed by atoms with Gasteiger partial charge in [0.15, 0.2) is 0 Å². The molecule has 0 radical (unpaired) electrons. The fourth-order valence-corrected chi connectivity index (χ4v) is 4.11. The van der Waals surface area contributed by atoms with Gasteiger partial charge in [-0.2, -0.15) is 4.98 Å². The number of benzene rings is 1. The lowest BCUT2D eigenvalue weighted by molar-refractivity contribution is -0.133. The predicted molar refractivity (Wildman–Crippen MR) is 109 cm³/mol. The lowest BCUT2D eigenvalue weighted by Gasteiger charge is -2.34. The average Bonchev–Trinajstić information content (AvgIpc) is 3.41. The first-order valence-electron chi connectivity index (χ1n) is 9.60. The first-order chi connectivity index (χ1) is 13.7. The summed E-state index contributed by atoms with van der Waals surface area (Å²) in [5.74, 6) is 1.74. The maximum absolute atomic E-state index is 12.6. The van der Waals surface area contributed by atoms with Gasteiger partial charge in [-0.05, 0) is 22.9 Å². The second kappa shape index (κ2) is 8.67. The molecule has 3 heterocycles. The van der Waals surface area contributed by atoms with Crippen molar-refractivity contribution in [3.05, 3.63) is 59.3 Å². The number of carbonyl (C=O) groups excluding carboxylic acids is 1. The quantitative estimate of drug-likeness (QED) is 0.637. The number of aromatic nitrogens is 2. The van der Waals surface area contributed by atoms with Crippen molar-refractivity contribution in [3.8, 4) is 10.7 Å². The van der Waals surface area contributed by atoms with Crippen LogP contribution in [-0.4, -0.2) is 52.0 Å². The van der Waals surface area contributed by atoms with E-state index in [2.05, 4.69) is 34.1 Å². The van der Waals surface area contributed by atoms with Crippen LogP contribution in [0.1, 0.15) is 30.7 Å². The molecule has 0 N–H and O–H groups in total. The molecule has 3 aromatic rings. The molecule has 0 spiro atoms. The monoisotopic (exact) mass is 396 g/mol. The van der Waals surface area contributed by atoms with E-state index in [4.69, 9.17) is 4.52 Å². The zero-order valence-electron chi connectivity index (χ0n) is 16.0. The number of thiophene rings is 1. The van der Waals surface area contributed by atoms with Gasteiger partial charge >= 0.3 is 0 Å². The Morgan fingerprint density at radius 2 is 1.93 bits per heavy atom. The molecule has 0 saturated carbocycles. The van der Waals surface area contributed by atoms with Crippen molar-refractivity contribution < 1.29 is 9.32 Å². The number of nitrogens with zero attached hydrogens (tertiary/aromatic N) is 4. The van der Waals surface area contributed by atoms with Crippen LogP contribution in [0.4, 0.5) is 0 Å². The Morgan fingerprint density at radius 1 is 1.14 bits per heavy atom. The Balaban J connectivity index is 1.26. The summed E-state index contributed by atoms with van der Waals surface area (Å²) in [6, 6.07) is 14.2. The van der Waals surface area contributed by atoms with E-state index in [1.807, 2.05) is 40.6 Å². The molecule has 1 atom stereocenters. The number of piperazine rings is 1. The van der Waals surface area contributed by atoms with Crippen LogP contribution in [0.15, 0.2) is 52.4 Å². The predicted octanol–water partition coefficient (Wildman–Crippen LogP) is 3.64. The molecule has 28 heavy (non-hydrogen) atoms. The van der Waals surface area contributed by atoms with E-state index in [0.717, 1.165) is 31.1 Å². The maximum atomic E-state index is 12.6. The van der Waals surface area contributed by atoms with Crippen molar-refractivity contribution in [1.29, 1.82) is 0 Å². The molecule has 1 fully saturated rings. The van der Waals surface area contributed by atoms with Crippen LogP contribution in [0.2, 0.25) is 0 Å². The van der Waals surface area contributed by atoms with E-state index < -0.39 is 0 Å². The van der Waals surface area contributed by atoms with Gasteiger partial charge in [-0.25, -0.2) is 0 Å². The summed E-state index contributed by atoms with van der Waals surface area (Å²) in [4.78, 5) is 22.4. The molecule has 1 saturated heterocycles. The van der Waals surface area contributed by atoms with E-state index in [0.29, 0.717) is 24.7 Å². The summed E-state index contributed by atoms with van der Waals surface area (Å²) in [6.07, 6.45) is 0.553. The molecular weight excluding hydrogens is 372 g/mol. The highest BCUT2D eigenvalue weighted by Gasteiger charge is 2.24. The van der Waals surface area contributed by atoms with Crippen LogP contribution < -0.4 is 0 Å².